The summed E-state index contributed by atoms with van der Waals surface area (Å²) in [7, 11) is 1.21. The predicted octanol–water partition coefficient (Wildman–Crippen LogP) is 16.0. The molecule has 0 bridgehead atoms. The maximum atomic E-state index is 12.9. The fourth-order valence-corrected chi connectivity index (χ4v) is 8.17. The third-order valence-electron chi connectivity index (χ3n) is 11.8. The number of unbranched alkanes of at least 4 members (excludes halogenated alkanes) is 22. The van der Waals surface area contributed by atoms with Crippen LogP contribution in [0.3, 0.4) is 0 Å². The summed E-state index contributed by atoms with van der Waals surface area (Å²) in [5, 5.41) is 13.8. The molecule has 0 aliphatic rings. The van der Waals surface area contributed by atoms with Crippen LogP contribution in [0.25, 0.3) is 0 Å². The van der Waals surface area contributed by atoms with Gasteiger partial charge in [0.15, 0.2) is 0 Å². The van der Waals surface area contributed by atoms with Crippen molar-refractivity contribution >= 4 is 13.7 Å². The van der Waals surface area contributed by atoms with Gasteiger partial charge in [-0.1, -0.05) is 220 Å². The lowest BCUT2D eigenvalue weighted by atomic mass is 10.0. The zero-order valence-electron chi connectivity index (χ0n) is 44.5. The number of phosphoric ester groups is 1. The summed E-state index contributed by atoms with van der Waals surface area (Å²) in [4.78, 5) is 25.5. The molecule has 0 fully saturated rings. The first-order valence-corrected chi connectivity index (χ1v) is 29.1. The Morgan fingerprint density at radius 1 is 0.529 bits per heavy atom. The van der Waals surface area contributed by atoms with Gasteiger partial charge in [0.2, 0.25) is 5.91 Å². The second kappa shape index (κ2) is 49.4. The molecule has 392 valence electrons. The first-order chi connectivity index (χ1) is 33.0. The van der Waals surface area contributed by atoms with Gasteiger partial charge in [0.05, 0.1) is 39.9 Å². The highest BCUT2D eigenvalue weighted by Gasteiger charge is 2.23. The van der Waals surface area contributed by atoms with Crippen molar-refractivity contribution in [2.45, 2.75) is 231 Å². The highest BCUT2D eigenvalue weighted by Crippen LogP contribution is 2.38. The molecule has 0 saturated carbocycles. The van der Waals surface area contributed by atoms with Crippen molar-refractivity contribution in [1.29, 1.82) is 0 Å². The fraction of sp³-hybridized carbons (Fsp3) is 0.712. The lowest BCUT2D eigenvalue weighted by Gasteiger charge is -2.29. The van der Waals surface area contributed by atoms with Crippen molar-refractivity contribution < 1.29 is 32.9 Å². The van der Waals surface area contributed by atoms with Crippen LogP contribution in [-0.2, 0) is 18.4 Å². The van der Waals surface area contributed by atoms with Crippen LogP contribution in [0.4, 0.5) is 0 Å². The molecule has 0 aromatic rings. The van der Waals surface area contributed by atoms with Crippen LogP contribution < -0.4 is 10.2 Å². The molecule has 0 radical (unpaired) electrons. The molecule has 0 rings (SSSR count). The van der Waals surface area contributed by atoms with E-state index < -0.39 is 26.6 Å². The van der Waals surface area contributed by atoms with Gasteiger partial charge in [-0.05, 0) is 89.9 Å². The quantitative estimate of drug-likeness (QED) is 0.0272. The second-order valence-corrected chi connectivity index (χ2v) is 20.9. The number of nitrogens with one attached hydrogen (secondary N) is 1. The molecule has 3 unspecified atom stereocenters. The van der Waals surface area contributed by atoms with Gasteiger partial charge in [0.1, 0.15) is 13.2 Å². The number of likely N-dealkylation sites (N-methyl/N-ethyl adjacent to an activating group) is 1. The van der Waals surface area contributed by atoms with Gasteiger partial charge < -0.3 is 28.8 Å². The van der Waals surface area contributed by atoms with E-state index in [9.17, 15) is 19.4 Å². The van der Waals surface area contributed by atoms with Crippen LogP contribution >= 0.6 is 7.82 Å². The van der Waals surface area contributed by atoms with Gasteiger partial charge >= 0.3 is 0 Å². The number of aliphatic hydroxyl groups excluding tert-OH is 1. The minimum atomic E-state index is -4.62. The third kappa shape index (κ3) is 51.3. The standard InChI is InChI=1S/C59H105N2O6P/c1-6-8-10-12-14-16-18-20-22-24-26-28-30-32-34-36-38-40-42-44-46-48-50-52-58(62)57(56-67-68(64,65)66-55-54-61(3,4)5)60-59(63)53-51-49-47-45-43-41-39-37-35-33-31-29-27-25-23-21-19-17-15-13-11-9-7-2/h9,11,15,17,21,23,27,29,33-36,42,44,50,52,57-58,62H,6-8,10,12-14,16,18-20,22,24-26,28,30-32,37-41,43,45-49,51,53-56H2,1-5H3,(H-,60,63,64,65)/b11-9-,17-15-,23-21-,29-27-,35-33-,36-34+,44-42+,52-50+. The van der Waals surface area contributed by atoms with Crippen molar-refractivity contribution in [2.24, 2.45) is 0 Å². The molecule has 68 heavy (non-hydrogen) atoms. The summed E-state index contributed by atoms with van der Waals surface area (Å²) in [6, 6.07) is -0.923. The number of allylic oxidation sites excluding steroid dienone is 15. The number of carbonyl (C=O) groups excluding carboxylic acids is 1. The maximum absolute atomic E-state index is 12.9. The number of aliphatic hydroxyl groups is 1. The molecule has 0 aliphatic heterocycles. The van der Waals surface area contributed by atoms with Gasteiger partial charge in [-0.3, -0.25) is 9.36 Å². The Morgan fingerprint density at radius 2 is 0.912 bits per heavy atom. The van der Waals surface area contributed by atoms with E-state index in [4.69, 9.17) is 9.05 Å². The summed E-state index contributed by atoms with van der Waals surface area (Å²) < 4.78 is 23.3. The van der Waals surface area contributed by atoms with E-state index in [0.29, 0.717) is 17.4 Å². The minimum absolute atomic E-state index is 0.0165. The predicted molar refractivity (Wildman–Crippen MR) is 293 cm³/mol. The third-order valence-corrected chi connectivity index (χ3v) is 12.7. The molecule has 0 saturated heterocycles. The lowest BCUT2D eigenvalue weighted by Crippen LogP contribution is -2.45. The van der Waals surface area contributed by atoms with Gasteiger partial charge in [0.25, 0.3) is 7.82 Å². The van der Waals surface area contributed by atoms with Gasteiger partial charge in [-0.15, -0.1) is 0 Å². The Hall–Kier alpha value is -2.58. The van der Waals surface area contributed by atoms with Crippen LogP contribution in [0, 0.1) is 0 Å². The number of hydrogen-bond donors (Lipinski definition) is 2. The molecule has 0 aliphatic carbocycles. The Kier molecular flexibility index (Phi) is 47.5. The summed E-state index contributed by atoms with van der Waals surface area (Å²) in [5.74, 6) is -0.226. The van der Waals surface area contributed by atoms with E-state index >= 15 is 0 Å². The zero-order valence-corrected chi connectivity index (χ0v) is 45.4. The molecule has 2 N–H and O–H groups in total. The van der Waals surface area contributed by atoms with E-state index in [1.165, 1.54) is 109 Å². The van der Waals surface area contributed by atoms with Crippen molar-refractivity contribution in [2.75, 3.05) is 40.9 Å². The molecular formula is C59H105N2O6P. The summed E-state index contributed by atoms with van der Waals surface area (Å²) >= 11 is 0. The highest BCUT2D eigenvalue weighted by molar-refractivity contribution is 7.45. The average molecular weight is 969 g/mol. The number of carbonyl (C=O) groups is 1. The number of amides is 1. The van der Waals surface area contributed by atoms with E-state index in [1.807, 2.05) is 27.2 Å². The van der Waals surface area contributed by atoms with E-state index in [-0.39, 0.29) is 12.5 Å². The van der Waals surface area contributed by atoms with Crippen molar-refractivity contribution in [3.8, 4) is 0 Å². The van der Waals surface area contributed by atoms with Gasteiger partial charge in [0, 0.05) is 6.42 Å². The molecule has 0 aromatic heterocycles. The Morgan fingerprint density at radius 3 is 1.37 bits per heavy atom. The number of hydrogen-bond acceptors (Lipinski definition) is 6. The topological polar surface area (TPSA) is 108 Å². The monoisotopic (exact) mass is 969 g/mol. The number of rotatable bonds is 49. The number of quaternary nitrogens is 1. The molecule has 3 atom stereocenters. The first kappa shape index (κ1) is 65.4. The van der Waals surface area contributed by atoms with E-state index in [2.05, 4.69) is 104 Å². The van der Waals surface area contributed by atoms with Gasteiger partial charge in [-0.25, -0.2) is 0 Å². The molecule has 0 heterocycles. The Labute approximate surface area is 419 Å². The normalized spacial score (nSPS) is 14.8. The molecule has 0 spiro atoms. The van der Waals surface area contributed by atoms with Crippen molar-refractivity contribution in [3.05, 3.63) is 97.2 Å². The van der Waals surface area contributed by atoms with Crippen LogP contribution in [-0.4, -0.2) is 68.5 Å². The van der Waals surface area contributed by atoms with Crippen LogP contribution in [0.5, 0.6) is 0 Å². The minimum Gasteiger partial charge on any atom is -0.756 e. The molecule has 0 aromatic carbocycles. The van der Waals surface area contributed by atoms with Gasteiger partial charge in [-0.2, -0.15) is 0 Å². The average Bonchev–Trinajstić information content (AvgIpc) is 3.30. The highest BCUT2D eigenvalue weighted by atomic mass is 31.2. The second-order valence-electron chi connectivity index (χ2n) is 19.5. The Bertz CT molecular complexity index is 1420. The largest absolute Gasteiger partial charge is 0.756 e. The summed E-state index contributed by atoms with van der Waals surface area (Å²) in [6.07, 6.45) is 70.5. The molecular weight excluding hydrogens is 864 g/mol. The molecule has 1 amide bonds. The van der Waals surface area contributed by atoms with Crippen LogP contribution in [0.15, 0.2) is 97.2 Å². The van der Waals surface area contributed by atoms with Crippen molar-refractivity contribution in [1.82, 2.24) is 5.32 Å². The van der Waals surface area contributed by atoms with Crippen molar-refractivity contribution in [3.63, 3.8) is 0 Å². The molecule has 8 nitrogen and oxygen atoms in total. The SMILES string of the molecule is CC/C=C\C/C=C\C/C=C\C/C=C\C/C=C\CCCCCCCCCC(=O)NC(COP(=O)([O-])OCC[N+](C)(C)C)C(O)/C=C/CC/C=C/CC/C=C/CCCCCCCCCCCCCCC. The van der Waals surface area contributed by atoms with Crippen LogP contribution in [0.1, 0.15) is 219 Å². The zero-order chi connectivity index (χ0) is 49.9. The maximum Gasteiger partial charge on any atom is 0.268 e. The van der Waals surface area contributed by atoms with E-state index in [0.717, 1.165) is 89.9 Å². The number of nitrogens with zero attached hydrogens (tertiary/aromatic N) is 1. The first-order valence-electron chi connectivity index (χ1n) is 27.6. The van der Waals surface area contributed by atoms with E-state index in [1.54, 1.807) is 6.08 Å². The fourth-order valence-electron chi connectivity index (χ4n) is 7.45. The smallest absolute Gasteiger partial charge is 0.268 e. The van der Waals surface area contributed by atoms with Crippen LogP contribution in [0.2, 0.25) is 0 Å². The lowest BCUT2D eigenvalue weighted by molar-refractivity contribution is -0.870. The Balaban J connectivity index is 4.38. The summed E-state index contributed by atoms with van der Waals surface area (Å²) in [6.45, 7) is 4.49. The summed E-state index contributed by atoms with van der Waals surface area (Å²) in [5.41, 5.74) is 0. The molecule has 9 heteroatoms. The number of phosphoric acid groups is 1.